The van der Waals surface area contributed by atoms with Crippen LogP contribution >= 0.6 is 11.8 Å². The second kappa shape index (κ2) is 12.6. The molecule has 0 aliphatic carbocycles. The van der Waals surface area contributed by atoms with Gasteiger partial charge in [0, 0.05) is 16.5 Å². The van der Waals surface area contributed by atoms with Crippen LogP contribution < -0.4 is 21.1 Å². The Morgan fingerprint density at radius 2 is 1.78 bits per heavy atom. The van der Waals surface area contributed by atoms with Gasteiger partial charge in [0.2, 0.25) is 5.91 Å². The summed E-state index contributed by atoms with van der Waals surface area (Å²) >= 11 is 1.60. The summed E-state index contributed by atoms with van der Waals surface area (Å²) in [7, 11) is 1.45. The Hall–Kier alpha value is -4.11. The van der Waals surface area contributed by atoms with Gasteiger partial charge in [-0.05, 0) is 66.4 Å². The molecule has 8 nitrogen and oxygen atoms in total. The number of phenolic OH excluding ortho intramolecular Hbond substituents is 1. The number of ether oxygens (including phenoxy) is 2. The predicted molar refractivity (Wildman–Crippen MR) is 144 cm³/mol. The maximum absolute atomic E-state index is 12.7. The van der Waals surface area contributed by atoms with E-state index in [0.29, 0.717) is 28.4 Å². The number of nitrogens with one attached hydrogen (secondary N) is 2. The Kier molecular flexibility index (Phi) is 9.24. The summed E-state index contributed by atoms with van der Waals surface area (Å²) in [6.45, 7) is 1.80. The van der Waals surface area contributed by atoms with Gasteiger partial charge in [-0.15, -0.1) is 11.8 Å². The fraction of sp³-hybridized carbons (Fsp3) is 0.185. The van der Waals surface area contributed by atoms with Crippen LogP contribution in [0, 0.1) is 5.92 Å². The molecule has 5 N–H and O–H groups in total. The number of hydrogen-bond donors (Lipinski definition) is 4. The summed E-state index contributed by atoms with van der Waals surface area (Å²) in [6.07, 6.45) is 3.47. The Bertz CT molecular complexity index is 1230. The van der Waals surface area contributed by atoms with E-state index in [-0.39, 0.29) is 11.7 Å². The number of hydrogen-bond acceptors (Lipinski definition) is 7. The van der Waals surface area contributed by atoms with Crippen molar-refractivity contribution in [1.29, 1.82) is 0 Å². The number of anilines is 3. The Balaban J connectivity index is 1.77. The highest BCUT2D eigenvalue weighted by Crippen LogP contribution is 2.34. The molecule has 0 heterocycles. The van der Waals surface area contributed by atoms with Crippen molar-refractivity contribution in [1.82, 2.24) is 0 Å². The van der Waals surface area contributed by atoms with Crippen LogP contribution in [0.3, 0.4) is 0 Å². The standard InChI is InChI=1S/C27H29N3O5S/c1-17(8-15-25(32)30-22-7-5-4-6-21(22)28)26(18-9-14-24(34-2)23(31)16-18)35-27(33)29-19-10-12-20(36-3)13-11-19/h4-17,26,31H,28H2,1-3H3,(H,29,33)(H,30,32)/b15-8+/t17-,26+/m0/s1. The highest BCUT2D eigenvalue weighted by atomic mass is 32.2. The molecule has 2 amide bonds. The fourth-order valence-corrected chi connectivity index (χ4v) is 3.83. The van der Waals surface area contributed by atoms with E-state index in [2.05, 4.69) is 10.6 Å². The van der Waals surface area contributed by atoms with Gasteiger partial charge in [0.15, 0.2) is 11.5 Å². The number of aromatic hydroxyl groups is 1. The topological polar surface area (TPSA) is 123 Å². The molecule has 0 radical (unpaired) electrons. The summed E-state index contributed by atoms with van der Waals surface area (Å²) < 4.78 is 10.9. The minimum absolute atomic E-state index is 0.0925. The molecule has 0 saturated carbocycles. The second-order valence-electron chi connectivity index (χ2n) is 7.91. The maximum Gasteiger partial charge on any atom is 0.412 e. The number of thioether (sulfide) groups is 1. The summed E-state index contributed by atoms with van der Waals surface area (Å²) in [5.74, 6) is -0.611. The van der Waals surface area contributed by atoms with Crippen LogP contribution in [-0.4, -0.2) is 30.5 Å². The molecule has 0 spiro atoms. The van der Waals surface area contributed by atoms with Gasteiger partial charge in [-0.1, -0.05) is 31.2 Å². The Labute approximate surface area is 214 Å². The number of para-hydroxylation sites is 2. The number of nitrogen functional groups attached to an aromatic ring is 1. The first-order chi connectivity index (χ1) is 17.3. The quantitative estimate of drug-likeness (QED) is 0.163. The van der Waals surface area contributed by atoms with Crippen molar-refractivity contribution in [2.45, 2.75) is 17.9 Å². The highest BCUT2D eigenvalue weighted by molar-refractivity contribution is 7.98. The van der Waals surface area contributed by atoms with Gasteiger partial charge in [0.05, 0.1) is 18.5 Å². The van der Waals surface area contributed by atoms with E-state index in [0.717, 1.165) is 4.90 Å². The largest absolute Gasteiger partial charge is 0.504 e. The van der Waals surface area contributed by atoms with Crippen molar-refractivity contribution in [3.8, 4) is 11.5 Å². The number of carbonyl (C=O) groups excluding carboxylic acids is 2. The van der Waals surface area contributed by atoms with Crippen molar-refractivity contribution in [2.24, 2.45) is 5.92 Å². The average Bonchev–Trinajstić information content (AvgIpc) is 2.87. The Morgan fingerprint density at radius 1 is 1.06 bits per heavy atom. The van der Waals surface area contributed by atoms with Gasteiger partial charge in [-0.2, -0.15) is 0 Å². The second-order valence-corrected chi connectivity index (χ2v) is 8.79. The number of methoxy groups -OCH3 is 1. The van der Waals surface area contributed by atoms with E-state index in [1.165, 1.54) is 19.3 Å². The number of carbonyl (C=O) groups is 2. The first kappa shape index (κ1) is 26.5. The summed E-state index contributed by atoms with van der Waals surface area (Å²) in [5, 5.41) is 15.7. The number of nitrogens with two attached hydrogens (primary N) is 1. The third-order valence-electron chi connectivity index (χ3n) is 5.35. The third kappa shape index (κ3) is 7.19. The van der Waals surface area contributed by atoms with Gasteiger partial charge >= 0.3 is 6.09 Å². The lowest BCUT2D eigenvalue weighted by molar-refractivity contribution is -0.111. The van der Waals surface area contributed by atoms with Gasteiger partial charge in [-0.3, -0.25) is 10.1 Å². The van der Waals surface area contributed by atoms with Crippen LogP contribution in [0.4, 0.5) is 21.9 Å². The van der Waals surface area contributed by atoms with Crippen molar-refractivity contribution in [3.63, 3.8) is 0 Å². The van der Waals surface area contributed by atoms with E-state index in [1.807, 2.05) is 18.4 Å². The van der Waals surface area contributed by atoms with Crippen LogP contribution in [0.2, 0.25) is 0 Å². The smallest absolute Gasteiger partial charge is 0.412 e. The molecule has 0 bridgehead atoms. The lowest BCUT2D eigenvalue weighted by Crippen LogP contribution is -2.21. The van der Waals surface area contributed by atoms with E-state index in [4.69, 9.17) is 15.2 Å². The number of amides is 2. The maximum atomic E-state index is 12.7. The van der Waals surface area contributed by atoms with E-state index >= 15 is 0 Å². The fourth-order valence-electron chi connectivity index (χ4n) is 3.43. The molecule has 0 saturated heterocycles. The molecule has 9 heteroatoms. The zero-order valence-corrected chi connectivity index (χ0v) is 21.0. The van der Waals surface area contributed by atoms with E-state index in [9.17, 15) is 14.7 Å². The number of phenols is 1. The van der Waals surface area contributed by atoms with Crippen LogP contribution in [-0.2, 0) is 9.53 Å². The van der Waals surface area contributed by atoms with E-state index < -0.39 is 18.1 Å². The van der Waals surface area contributed by atoms with Crippen LogP contribution in [0.25, 0.3) is 0 Å². The molecule has 0 unspecified atom stereocenters. The minimum atomic E-state index is -0.807. The number of benzene rings is 3. The number of rotatable bonds is 9. The van der Waals surface area contributed by atoms with Crippen LogP contribution in [0.15, 0.2) is 83.8 Å². The van der Waals surface area contributed by atoms with Crippen molar-refractivity contribution < 1.29 is 24.2 Å². The van der Waals surface area contributed by atoms with Gasteiger partial charge < -0.3 is 25.6 Å². The first-order valence-corrected chi connectivity index (χ1v) is 12.4. The van der Waals surface area contributed by atoms with Crippen LogP contribution in [0.5, 0.6) is 11.5 Å². The zero-order chi connectivity index (χ0) is 26.1. The molecular weight excluding hydrogens is 478 g/mol. The highest BCUT2D eigenvalue weighted by Gasteiger charge is 2.24. The molecular formula is C27H29N3O5S. The SMILES string of the molecule is COc1ccc([C@H](OC(=O)Nc2ccc(SC)cc2)[C@@H](C)/C=C/C(=O)Nc2ccccc2N)cc1O. The molecule has 36 heavy (non-hydrogen) atoms. The zero-order valence-electron chi connectivity index (χ0n) is 20.2. The molecule has 3 aromatic rings. The first-order valence-electron chi connectivity index (χ1n) is 11.1. The summed E-state index contributed by atoms with van der Waals surface area (Å²) in [6, 6.07) is 19.0. The normalized spacial score (nSPS) is 12.5. The van der Waals surface area contributed by atoms with Crippen molar-refractivity contribution in [3.05, 3.63) is 84.4 Å². The minimum Gasteiger partial charge on any atom is -0.504 e. The molecule has 3 aromatic carbocycles. The average molecular weight is 508 g/mol. The molecule has 0 aliphatic rings. The molecule has 2 atom stereocenters. The lowest BCUT2D eigenvalue weighted by atomic mass is 9.96. The predicted octanol–water partition coefficient (Wildman–Crippen LogP) is 5.83. The van der Waals surface area contributed by atoms with Crippen LogP contribution in [0.1, 0.15) is 18.6 Å². The third-order valence-corrected chi connectivity index (χ3v) is 6.09. The summed E-state index contributed by atoms with van der Waals surface area (Å²) in [5.41, 5.74) is 7.94. The molecule has 188 valence electrons. The molecule has 0 aromatic heterocycles. The summed E-state index contributed by atoms with van der Waals surface area (Å²) in [4.78, 5) is 26.3. The molecule has 0 fully saturated rings. The van der Waals surface area contributed by atoms with Gasteiger partial charge in [-0.25, -0.2) is 4.79 Å². The van der Waals surface area contributed by atoms with E-state index in [1.54, 1.807) is 73.3 Å². The van der Waals surface area contributed by atoms with Crippen molar-refractivity contribution in [2.75, 3.05) is 29.7 Å². The monoisotopic (exact) mass is 507 g/mol. The van der Waals surface area contributed by atoms with Gasteiger partial charge in [0.25, 0.3) is 0 Å². The molecule has 0 aliphatic heterocycles. The molecule has 3 rings (SSSR count). The van der Waals surface area contributed by atoms with Gasteiger partial charge in [0.1, 0.15) is 6.10 Å². The Morgan fingerprint density at radius 3 is 2.42 bits per heavy atom. The lowest BCUT2D eigenvalue weighted by Gasteiger charge is -2.23. The van der Waals surface area contributed by atoms with Crippen molar-refractivity contribution >= 4 is 40.8 Å².